The molecule has 0 spiro atoms. The van der Waals surface area contributed by atoms with Crippen LogP contribution in [0.3, 0.4) is 0 Å². The highest BCUT2D eigenvalue weighted by Crippen LogP contribution is 2.64. The van der Waals surface area contributed by atoms with E-state index >= 15 is 0 Å². The lowest BCUT2D eigenvalue weighted by Crippen LogP contribution is -2.36. The van der Waals surface area contributed by atoms with Gasteiger partial charge < -0.3 is 4.79 Å². The molecule has 1 saturated carbocycles. The molecular weight excluding hydrogens is 336 g/mol. The SMILES string of the molecule is O=C[C@]12C[C@H]1[C@@](CF)(c1cc(Br)ccc1F)N=CS2. The highest BCUT2D eigenvalue weighted by Gasteiger charge is 2.67. The van der Waals surface area contributed by atoms with E-state index in [1.54, 1.807) is 12.1 Å². The number of carbonyl (C=O) groups excluding carboxylic acids is 1. The molecule has 2 aliphatic rings. The van der Waals surface area contributed by atoms with Gasteiger partial charge in [0.15, 0.2) is 0 Å². The topological polar surface area (TPSA) is 29.4 Å². The van der Waals surface area contributed by atoms with Crippen molar-refractivity contribution in [2.75, 3.05) is 6.67 Å². The summed E-state index contributed by atoms with van der Waals surface area (Å²) in [5.74, 6) is -0.766. The minimum absolute atomic E-state index is 0.217. The van der Waals surface area contributed by atoms with Crippen LogP contribution in [0, 0.1) is 11.7 Å². The second kappa shape index (κ2) is 4.38. The van der Waals surface area contributed by atoms with Crippen LogP contribution in [0.5, 0.6) is 0 Å². The van der Waals surface area contributed by atoms with Gasteiger partial charge in [0.05, 0.1) is 10.3 Å². The molecule has 0 unspecified atom stereocenters. The Morgan fingerprint density at radius 2 is 2.37 bits per heavy atom. The molecular formula is C13H10BrF2NOS. The number of nitrogens with zero attached hydrogens (tertiary/aromatic N) is 1. The first-order valence-corrected chi connectivity index (χ1v) is 7.44. The Labute approximate surface area is 121 Å². The van der Waals surface area contributed by atoms with Gasteiger partial charge in [-0.3, -0.25) is 4.99 Å². The summed E-state index contributed by atoms with van der Waals surface area (Å²) in [4.78, 5) is 15.4. The lowest BCUT2D eigenvalue weighted by atomic mass is 9.85. The summed E-state index contributed by atoms with van der Waals surface area (Å²) in [6, 6.07) is 4.40. The third kappa shape index (κ3) is 1.80. The summed E-state index contributed by atoms with van der Waals surface area (Å²) in [6.45, 7) is -0.808. The van der Waals surface area contributed by atoms with E-state index < -0.39 is 22.8 Å². The summed E-state index contributed by atoms with van der Waals surface area (Å²) < 4.78 is 27.8. The zero-order valence-corrected chi connectivity index (χ0v) is 12.2. The minimum Gasteiger partial charge on any atom is -0.302 e. The van der Waals surface area contributed by atoms with Crippen LogP contribution in [-0.4, -0.2) is 23.3 Å². The van der Waals surface area contributed by atoms with Crippen molar-refractivity contribution in [1.29, 1.82) is 0 Å². The van der Waals surface area contributed by atoms with Crippen LogP contribution in [0.25, 0.3) is 0 Å². The maximum atomic E-state index is 14.1. The second-order valence-corrected chi connectivity index (χ2v) is 6.99. The lowest BCUT2D eigenvalue weighted by Gasteiger charge is -2.32. The highest BCUT2D eigenvalue weighted by molar-refractivity contribution is 9.10. The number of halogens is 3. The van der Waals surface area contributed by atoms with Crippen molar-refractivity contribution < 1.29 is 13.6 Å². The van der Waals surface area contributed by atoms with Crippen molar-refractivity contribution in [1.82, 2.24) is 0 Å². The zero-order valence-electron chi connectivity index (χ0n) is 9.78. The maximum Gasteiger partial charge on any atom is 0.136 e. The molecule has 0 radical (unpaired) electrons. The number of fused-ring (bicyclic) bond motifs is 1. The molecule has 1 aromatic rings. The molecule has 1 heterocycles. The number of rotatable bonds is 3. The fraction of sp³-hybridized carbons (Fsp3) is 0.385. The Morgan fingerprint density at radius 1 is 1.58 bits per heavy atom. The van der Waals surface area contributed by atoms with Crippen LogP contribution in [0.2, 0.25) is 0 Å². The van der Waals surface area contributed by atoms with E-state index in [1.807, 2.05) is 0 Å². The molecule has 1 aromatic carbocycles. The Morgan fingerprint density at radius 3 is 3.05 bits per heavy atom. The van der Waals surface area contributed by atoms with Gasteiger partial charge in [0.2, 0.25) is 0 Å². The van der Waals surface area contributed by atoms with Crippen LogP contribution in [0.15, 0.2) is 27.7 Å². The van der Waals surface area contributed by atoms with Crippen LogP contribution in [0.1, 0.15) is 12.0 Å². The average Bonchev–Trinajstić information content (AvgIpc) is 3.17. The van der Waals surface area contributed by atoms with Crippen molar-refractivity contribution in [2.24, 2.45) is 10.9 Å². The third-order valence-electron chi connectivity index (χ3n) is 3.88. The molecule has 2 nitrogen and oxygen atoms in total. The fourth-order valence-corrected chi connectivity index (χ4v) is 4.19. The van der Waals surface area contributed by atoms with Crippen molar-refractivity contribution in [3.05, 3.63) is 34.1 Å². The molecule has 0 amide bonds. The van der Waals surface area contributed by atoms with Crippen LogP contribution in [-0.2, 0) is 10.3 Å². The molecule has 0 aromatic heterocycles. The average molecular weight is 346 g/mol. The molecule has 6 heteroatoms. The first-order chi connectivity index (χ1) is 9.08. The van der Waals surface area contributed by atoms with Crippen LogP contribution in [0.4, 0.5) is 8.78 Å². The smallest absolute Gasteiger partial charge is 0.136 e. The summed E-state index contributed by atoms with van der Waals surface area (Å²) >= 11 is 4.57. The molecule has 0 N–H and O–H groups in total. The molecule has 100 valence electrons. The van der Waals surface area contributed by atoms with Gasteiger partial charge in [-0.05, 0) is 24.6 Å². The van der Waals surface area contributed by atoms with E-state index in [2.05, 4.69) is 20.9 Å². The summed E-state index contributed by atoms with van der Waals surface area (Å²) in [5.41, 5.74) is 0.437. The van der Waals surface area contributed by atoms with Crippen molar-refractivity contribution in [3.8, 4) is 0 Å². The standard InChI is InChI=1S/C13H10BrF2NOS/c14-8-1-2-10(16)9(3-8)13(5-15)11-4-12(11,6-18)19-7-17-13/h1-3,6-7,11H,4-5H2/t11-,12-,13-/m1/s1. The number of alkyl halides is 1. The largest absolute Gasteiger partial charge is 0.302 e. The Hall–Kier alpha value is -0.750. The van der Waals surface area contributed by atoms with Gasteiger partial charge in [0, 0.05) is 16.0 Å². The Bertz CT molecular complexity index is 582. The van der Waals surface area contributed by atoms with Crippen molar-refractivity contribution >= 4 is 39.5 Å². The van der Waals surface area contributed by atoms with Gasteiger partial charge in [-0.15, -0.1) is 0 Å². The Kier molecular flexibility index (Phi) is 3.05. The van der Waals surface area contributed by atoms with E-state index in [0.717, 1.165) is 6.29 Å². The first-order valence-electron chi connectivity index (χ1n) is 5.77. The molecule has 3 atom stereocenters. The van der Waals surface area contributed by atoms with Gasteiger partial charge in [0.25, 0.3) is 0 Å². The molecule has 1 aliphatic heterocycles. The summed E-state index contributed by atoms with van der Waals surface area (Å²) in [5, 5.41) is 0. The predicted octanol–water partition coefficient (Wildman–Crippen LogP) is 3.49. The maximum absolute atomic E-state index is 14.1. The number of thioether (sulfide) groups is 1. The summed E-state index contributed by atoms with van der Waals surface area (Å²) in [6.07, 6.45) is 1.38. The molecule has 19 heavy (non-hydrogen) atoms. The van der Waals surface area contributed by atoms with Gasteiger partial charge in [-0.2, -0.15) is 0 Å². The number of hydrogen-bond donors (Lipinski definition) is 0. The number of carbonyl (C=O) groups is 1. The normalized spacial score (nSPS) is 35.8. The van der Waals surface area contributed by atoms with E-state index in [-0.39, 0.29) is 11.5 Å². The highest BCUT2D eigenvalue weighted by atomic mass is 79.9. The number of benzene rings is 1. The van der Waals surface area contributed by atoms with Gasteiger partial charge in [-0.25, -0.2) is 8.78 Å². The minimum atomic E-state index is -1.26. The number of aliphatic imine (C=N–C) groups is 1. The fourth-order valence-electron chi connectivity index (χ4n) is 2.72. The van der Waals surface area contributed by atoms with E-state index in [4.69, 9.17) is 0 Å². The predicted molar refractivity (Wildman–Crippen MR) is 74.7 cm³/mol. The van der Waals surface area contributed by atoms with E-state index in [1.165, 1.54) is 23.4 Å². The van der Waals surface area contributed by atoms with Gasteiger partial charge in [0.1, 0.15) is 24.3 Å². The molecule has 0 bridgehead atoms. The first kappa shape index (κ1) is 13.2. The molecule has 1 fully saturated rings. The van der Waals surface area contributed by atoms with Crippen molar-refractivity contribution in [2.45, 2.75) is 16.7 Å². The Balaban J connectivity index is 2.14. The lowest BCUT2D eigenvalue weighted by molar-refractivity contribution is -0.108. The number of aldehydes is 1. The van der Waals surface area contributed by atoms with Gasteiger partial charge >= 0.3 is 0 Å². The zero-order chi connectivity index (χ0) is 13.7. The van der Waals surface area contributed by atoms with Gasteiger partial charge in [-0.1, -0.05) is 27.7 Å². The van der Waals surface area contributed by atoms with Crippen LogP contribution < -0.4 is 0 Å². The van der Waals surface area contributed by atoms with Crippen molar-refractivity contribution in [3.63, 3.8) is 0 Å². The van der Waals surface area contributed by atoms with E-state index in [9.17, 15) is 13.6 Å². The third-order valence-corrected chi connectivity index (χ3v) is 5.57. The number of hydrogen-bond acceptors (Lipinski definition) is 3. The quantitative estimate of drug-likeness (QED) is 0.785. The molecule has 3 rings (SSSR count). The van der Waals surface area contributed by atoms with Crippen LogP contribution >= 0.6 is 27.7 Å². The summed E-state index contributed by atoms with van der Waals surface area (Å²) in [7, 11) is 0. The monoisotopic (exact) mass is 345 g/mol. The van der Waals surface area contributed by atoms with E-state index in [0.29, 0.717) is 10.9 Å². The molecule has 1 aliphatic carbocycles. The molecule has 0 saturated heterocycles. The second-order valence-electron chi connectivity index (χ2n) is 4.86.